The molecule has 2 heterocycles. The minimum Gasteiger partial charge on any atom is -0.450 e. The van der Waals surface area contributed by atoms with Gasteiger partial charge in [0.1, 0.15) is 11.9 Å². The molecule has 0 radical (unpaired) electrons. The van der Waals surface area contributed by atoms with E-state index in [0.717, 1.165) is 5.56 Å². The lowest BCUT2D eigenvalue weighted by Crippen LogP contribution is -2.29. The standard InChI is InChI=1S/C17H19NO4S/c1-23(21)15-8-7-14(22-15)16(19)13-9-10-18(17(13)20)11-12-5-3-2-4-6-12/h2-8,13,16,19H,9-11H2,1H3. The molecule has 0 bridgehead atoms. The fourth-order valence-corrected chi connectivity index (χ4v) is 3.34. The Morgan fingerprint density at radius 3 is 2.70 bits per heavy atom. The zero-order valence-corrected chi connectivity index (χ0v) is 13.7. The van der Waals surface area contributed by atoms with Crippen molar-refractivity contribution in [1.29, 1.82) is 0 Å². The van der Waals surface area contributed by atoms with E-state index in [0.29, 0.717) is 30.4 Å². The van der Waals surface area contributed by atoms with Crippen molar-refractivity contribution in [2.45, 2.75) is 24.2 Å². The molecule has 3 rings (SSSR count). The van der Waals surface area contributed by atoms with Crippen LogP contribution in [0.25, 0.3) is 0 Å². The van der Waals surface area contributed by atoms with Gasteiger partial charge < -0.3 is 14.4 Å². The Bertz CT molecular complexity index is 712. The summed E-state index contributed by atoms with van der Waals surface area (Å²) in [5.74, 6) is -0.282. The highest BCUT2D eigenvalue weighted by molar-refractivity contribution is 7.84. The van der Waals surface area contributed by atoms with Crippen LogP contribution in [0.5, 0.6) is 0 Å². The third kappa shape index (κ3) is 3.38. The molecule has 1 amide bonds. The van der Waals surface area contributed by atoms with Crippen LogP contribution >= 0.6 is 0 Å². The fraction of sp³-hybridized carbons (Fsp3) is 0.353. The number of amides is 1. The van der Waals surface area contributed by atoms with Gasteiger partial charge in [-0.15, -0.1) is 0 Å². The molecule has 1 aliphatic heterocycles. The summed E-state index contributed by atoms with van der Waals surface area (Å²) in [5, 5.41) is 10.7. The summed E-state index contributed by atoms with van der Waals surface area (Å²) in [5.41, 5.74) is 1.07. The van der Waals surface area contributed by atoms with Gasteiger partial charge in [-0.2, -0.15) is 0 Å². The van der Waals surface area contributed by atoms with Crippen molar-refractivity contribution in [2.75, 3.05) is 12.8 Å². The van der Waals surface area contributed by atoms with E-state index in [1.165, 1.54) is 6.26 Å². The maximum Gasteiger partial charge on any atom is 0.229 e. The Kier molecular flexibility index (Phi) is 4.63. The zero-order valence-electron chi connectivity index (χ0n) is 12.8. The Balaban J connectivity index is 1.69. The van der Waals surface area contributed by atoms with Gasteiger partial charge in [-0.25, -0.2) is 0 Å². The van der Waals surface area contributed by atoms with Gasteiger partial charge in [0, 0.05) is 19.3 Å². The van der Waals surface area contributed by atoms with E-state index in [2.05, 4.69) is 0 Å². The predicted molar refractivity (Wildman–Crippen MR) is 86.0 cm³/mol. The van der Waals surface area contributed by atoms with Gasteiger partial charge in [0.2, 0.25) is 5.91 Å². The van der Waals surface area contributed by atoms with Gasteiger partial charge in [0.05, 0.1) is 16.7 Å². The first-order chi connectivity index (χ1) is 11.1. The number of hydrogen-bond donors (Lipinski definition) is 1. The summed E-state index contributed by atoms with van der Waals surface area (Å²) in [4.78, 5) is 14.3. The maximum atomic E-state index is 12.5. The highest BCUT2D eigenvalue weighted by Crippen LogP contribution is 2.33. The average Bonchev–Trinajstić information content (AvgIpc) is 3.16. The van der Waals surface area contributed by atoms with Crippen LogP contribution in [0.2, 0.25) is 0 Å². The monoisotopic (exact) mass is 333 g/mol. The second-order valence-corrected chi connectivity index (χ2v) is 7.01. The van der Waals surface area contributed by atoms with Crippen LogP contribution in [0.1, 0.15) is 23.8 Å². The maximum absolute atomic E-state index is 12.5. The van der Waals surface area contributed by atoms with Gasteiger partial charge >= 0.3 is 0 Å². The van der Waals surface area contributed by atoms with Crippen LogP contribution in [0.4, 0.5) is 0 Å². The van der Waals surface area contributed by atoms with Crippen LogP contribution in [0, 0.1) is 5.92 Å². The van der Waals surface area contributed by atoms with E-state index >= 15 is 0 Å². The number of likely N-dealkylation sites (tertiary alicyclic amines) is 1. The lowest BCUT2D eigenvalue weighted by molar-refractivity contribution is -0.134. The first-order valence-corrected chi connectivity index (χ1v) is 9.06. The Morgan fingerprint density at radius 1 is 1.30 bits per heavy atom. The summed E-state index contributed by atoms with van der Waals surface area (Å²) < 4.78 is 16.8. The Morgan fingerprint density at radius 2 is 2.04 bits per heavy atom. The van der Waals surface area contributed by atoms with Crippen molar-refractivity contribution in [2.24, 2.45) is 5.92 Å². The third-order valence-corrected chi connectivity index (χ3v) is 4.90. The van der Waals surface area contributed by atoms with Gasteiger partial charge in [-0.1, -0.05) is 30.3 Å². The molecule has 1 aromatic carbocycles. The van der Waals surface area contributed by atoms with Crippen LogP contribution in [0.15, 0.2) is 52.0 Å². The summed E-state index contributed by atoms with van der Waals surface area (Å²) in [6.07, 6.45) is 1.09. The largest absolute Gasteiger partial charge is 0.450 e. The molecular weight excluding hydrogens is 314 g/mol. The number of rotatable bonds is 5. The molecule has 1 saturated heterocycles. The van der Waals surface area contributed by atoms with Crippen LogP contribution in [-0.4, -0.2) is 32.9 Å². The lowest BCUT2D eigenvalue weighted by atomic mass is 9.99. The molecule has 23 heavy (non-hydrogen) atoms. The Hall–Kier alpha value is -1.92. The van der Waals surface area contributed by atoms with Crippen LogP contribution in [-0.2, 0) is 22.1 Å². The van der Waals surface area contributed by atoms with E-state index in [-0.39, 0.29) is 5.91 Å². The van der Waals surface area contributed by atoms with Gasteiger partial charge in [0.25, 0.3) is 0 Å². The summed E-state index contributed by atoms with van der Waals surface area (Å²) in [6.45, 7) is 1.16. The number of aliphatic hydroxyl groups is 1. The number of hydrogen-bond acceptors (Lipinski definition) is 4. The van der Waals surface area contributed by atoms with E-state index in [1.807, 2.05) is 30.3 Å². The molecule has 122 valence electrons. The molecule has 1 fully saturated rings. The highest BCUT2D eigenvalue weighted by Gasteiger charge is 2.38. The van der Waals surface area contributed by atoms with Crippen molar-refractivity contribution >= 4 is 16.7 Å². The average molecular weight is 333 g/mol. The topological polar surface area (TPSA) is 70.8 Å². The summed E-state index contributed by atoms with van der Waals surface area (Å²) in [6, 6.07) is 13.0. The zero-order chi connectivity index (χ0) is 16.4. The molecule has 1 N–H and O–H groups in total. The number of carbonyl (C=O) groups excluding carboxylic acids is 1. The van der Waals surface area contributed by atoms with E-state index in [9.17, 15) is 14.1 Å². The molecule has 0 spiro atoms. The van der Waals surface area contributed by atoms with E-state index in [1.54, 1.807) is 17.0 Å². The van der Waals surface area contributed by atoms with Gasteiger partial charge in [-0.05, 0) is 24.1 Å². The number of nitrogens with zero attached hydrogens (tertiary/aromatic N) is 1. The molecule has 1 aromatic heterocycles. The minimum absolute atomic E-state index is 0.0723. The van der Waals surface area contributed by atoms with E-state index in [4.69, 9.17) is 4.42 Å². The van der Waals surface area contributed by atoms with Crippen LogP contribution < -0.4 is 0 Å². The van der Waals surface area contributed by atoms with Crippen molar-refractivity contribution in [3.05, 3.63) is 53.8 Å². The van der Waals surface area contributed by atoms with Crippen molar-refractivity contribution in [3.8, 4) is 0 Å². The van der Waals surface area contributed by atoms with Gasteiger partial charge in [0.15, 0.2) is 5.09 Å². The molecule has 3 unspecified atom stereocenters. The highest BCUT2D eigenvalue weighted by atomic mass is 32.2. The number of carbonyl (C=O) groups is 1. The Labute approximate surface area is 137 Å². The molecule has 0 aliphatic carbocycles. The third-order valence-electron chi connectivity index (χ3n) is 4.11. The number of aliphatic hydroxyl groups excluding tert-OH is 1. The normalized spacial score (nSPS) is 20.7. The molecular formula is C17H19NO4S. The summed E-state index contributed by atoms with van der Waals surface area (Å²) in [7, 11) is -1.24. The van der Waals surface area contributed by atoms with Crippen molar-refractivity contribution in [1.82, 2.24) is 4.90 Å². The smallest absolute Gasteiger partial charge is 0.229 e. The van der Waals surface area contributed by atoms with Crippen LogP contribution in [0.3, 0.4) is 0 Å². The molecule has 2 aromatic rings. The van der Waals surface area contributed by atoms with Gasteiger partial charge in [-0.3, -0.25) is 9.00 Å². The SMILES string of the molecule is CS(=O)c1ccc(C(O)C2CCN(Cc3ccccc3)C2=O)o1. The number of benzene rings is 1. The quantitative estimate of drug-likeness (QED) is 0.910. The predicted octanol–water partition coefficient (Wildman–Crippen LogP) is 2.10. The first kappa shape index (κ1) is 16.0. The fourth-order valence-electron chi connectivity index (χ4n) is 2.86. The first-order valence-electron chi connectivity index (χ1n) is 7.50. The van der Waals surface area contributed by atoms with Crippen molar-refractivity contribution < 1.29 is 18.5 Å². The number of furan rings is 1. The molecule has 6 heteroatoms. The molecule has 1 aliphatic rings. The van der Waals surface area contributed by atoms with E-state index < -0.39 is 22.8 Å². The summed E-state index contributed by atoms with van der Waals surface area (Å²) >= 11 is 0. The lowest BCUT2D eigenvalue weighted by Gasteiger charge is -2.18. The molecule has 0 saturated carbocycles. The second-order valence-electron chi connectivity index (χ2n) is 5.70. The minimum atomic E-state index is -1.24. The molecule has 3 atom stereocenters. The molecule has 5 nitrogen and oxygen atoms in total. The second kappa shape index (κ2) is 6.68. The van der Waals surface area contributed by atoms with Crippen molar-refractivity contribution in [3.63, 3.8) is 0 Å².